The Bertz CT molecular complexity index is 985. The number of carbonyl (C=O) groups excluding carboxylic acids is 1. The number of carbonyl (C=O) groups is 1. The van der Waals surface area contributed by atoms with Crippen molar-refractivity contribution in [1.82, 2.24) is 14.6 Å². The monoisotopic (exact) mass is 395 g/mol. The molecule has 4 rings (SSSR count). The summed E-state index contributed by atoms with van der Waals surface area (Å²) in [4.78, 5) is 19.3. The molecule has 0 bridgehead atoms. The molecule has 6 nitrogen and oxygen atoms in total. The van der Waals surface area contributed by atoms with E-state index in [-0.39, 0.29) is 11.9 Å². The first-order valence-electron chi connectivity index (χ1n) is 8.00. The van der Waals surface area contributed by atoms with Crippen molar-refractivity contribution in [3.8, 4) is 6.07 Å². The highest BCUT2D eigenvalue weighted by atomic mass is 79.9. The van der Waals surface area contributed by atoms with E-state index in [2.05, 4.69) is 32.1 Å². The lowest BCUT2D eigenvalue weighted by Crippen LogP contribution is -2.45. The van der Waals surface area contributed by atoms with Crippen molar-refractivity contribution in [2.24, 2.45) is 0 Å². The van der Waals surface area contributed by atoms with Crippen LogP contribution in [0.2, 0.25) is 0 Å². The van der Waals surface area contributed by atoms with E-state index in [9.17, 15) is 4.79 Å². The van der Waals surface area contributed by atoms with Crippen molar-refractivity contribution in [3.63, 3.8) is 0 Å². The summed E-state index contributed by atoms with van der Waals surface area (Å²) in [5.74, 6) is 0.499. The number of nitriles is 1. The minimum absolute atomic E-state index is 0.0856. The van der Waals surface area contributed by atoms with Gasteiger partial charge in [-0.1, -0.05) is 0 Å². The second-order valence-corrected chi connectivity index (χ2v) is 6.87. The van der Waals surface area contributed by atoms with E-state index in [1.165, 1.54) is 6.20 Å². The third-order valence-corrected chi connectivity index (χ3v) is 5.11. The lowest BCUT2D eigenvalue weighted by molar-refractivity contribution is 0.0963. The number of fused-ring (bicyclic) bond motifs is 1. The standard InChI is InChI=1S/C18H14BrN5O/c19-15-11-22-23-7-6-13(8-16(15)23)18(25)24(14-2-1-3-14)17-5-4-12(9-20)10-21-17/h4-8,10-11,14H,1-3H2. The average molecular weight is 396 g/mol. The molecule has 124 valence electrons. The minimum Gasteiger partial charge on any atom is -0.290 e. The van der Waals surface area contributed by atoms with Crippen molar-refractivity contribution >= 4 is 33.2 Å². The second kappa shape index (κ2) is 6.30. The van der Waals surface area contributed by atoms with E-state index in [0.29, 0.717) is 16.9 Å². The van der Waals surface area contributed by atoms with E-state index < -0.39 is 0 Å². The van der Waals surface area contributed by atoms with Crippen LogP contribution in [0.15, 0.2) is 47.3 Å². The Hall–Kier alpha value is -2.72. The number of nitrogens with zero attached hydrogens (tertiary/aromatic N) is 5. The molecule has 0 unspecified atom stereocenters. The van der Waals surface area contributed by atoms with E-state index in [4.69, 9.17) is 5.26 Å². The number of halogens is 1. The highest BCUT2D eigenvalue weighted by Crippen LogP contribution is 2.30. The van der Waals surface area contributed by atoms with E-state index in [1.54, 1.807) is 40.0 Å². The van der Waals surface area contributed by atoms with Gasteiger partial charge in [0, 0.05) is 24.0 Å². The van der Waals surface area contributed by atoms with Crippen molar-refractivity contribution in [3.05, 3.63) is 58.5 Å². The van der Waals surface area contributed by atoms with Crippen LogP contribution in [0.25, 0.3) is 5.52 Å². The van der Waals surface area contributed by atoms with E-state index in [0.717, 1.165) is 29.3 Å². The third kappa shape index (κ3) is 2.79. The summed E-state index contributed by atoms with van der Waals surface area (Å²) in [7, 11) is 0. The maximum Gasteiger partial charge on any atom is 0.259 e. The molecular weight excluding hydrogens is 382 g/mol. The van der Waals surface area contributed by atoms with Gasteiger partial charge in [-0.2, -0.15) is 10.4 Å². The molecule has 0 aliphatic heterocycles. The summed E-state index contributed by atoms with van der Waals surface area (Å²) in [6.07, 6.45) is 8.02. The number of hydrogen-bond acceptors (Lipinski definition) is 4. The lowest BCUT2D eigenvalue weighted by Gasteiger charge is -2.36. The highest BCUT2D eigenvalue weighted by molar-refractivity contribution is 9.10. The van der Waals surface area contributed by atoms with Crippen LogP contribution in [0, 0.1) is 11.3 Å². The fourth-order valence-electron chi connectivity index (χ4n) is 2.92. The molecule has 0 atom stereocenters. The molecule has 3 aromatic rings. The molecule has 0 radical (unpaired) electrons. The molecule has 3 heterocycles. The Morgan fingerprint density at radius 1 is 1.32 bits per heavy atom. The number of hydrogen-bond donors (Lipinski definition) is 0. The van der Waals surface area contributed by atoms with Gasteiger partial charge in [0.25, 0.3) is 5.91 Å². The molecule has 0 N–H and O–H groups in total. The molecule has 7 heteroatoms. The quantitative estimate of drug-likeness (QED) is 0.679. The van der Waals surface area contributed by atoms with E-state index >= 15 is 0 Å². The molecule has 3 aromatic heterocycles. The Morgan fingerprint density at radius 2 is 2.16 bits per heavy atom. The zero-order valence-corrected chi connectivity index (χ0v) is 14.8. The van der Waals surface area contributed by atoms with Gasteiger partial charge in [0.05, 0.1) is 21.7 Å². The lowest BCUT2D eigenvalue weighted by atomic mass is 9.91. The van der Waals surface area contributed by atoms with Crippen LogP contribution in [-0.4, -0.2) is 26.5 Å². The summed E-state index contributed by atoms with van der Waals surface area (Å²) >= 11 is 3.45. The fraction of sp³-hybridized carbons (Fsp3) is 0.222. The van der Waals surface area contributed by atoms with Crippen molar-refractivity contribution in [1.29, 1.82) is 5.26 Å². The largest absolute Gasteiger partial charge is 0.290 e. The normalized spacial score (nSPS) is 14.1. The van der Waals surface area contributed by atoms with Crippen LogP contribution in [0.5, 0.6) is 0 Å². The van der Waals surface area contributed by atoms with Gasteiger partial charge in [0.1, 0.15) is 11.9 Å². The summed E-state index contributed by atoms with van der Waals surface area (Å²) in [6, 6.07) is 9.23. The molecule has 1 fully saturated rings. The number of rotatable bonds is 3. The van der Waals surface area contributed by atoms with Gasteiger partial charge in [0.15, 0.2) is 0 Å². The summed E-state index contributed by atoms with van der Waals surface area (Å²) < 4.78 is 2.56. The van der Waals surface area contributed by atoms with Gasteiger partial charge >= 0.3 is 0 Å². The van der Waals surface area contributed by atoms with Crippen LogP contribution in [0.4, 0.5) is 5.82 Å². The zero-order chi connectivity index (χ0) is 17.4. The zero-order valence-electron chi connectivity index (χ0n) is 13.3. The molecule has 0 saturated heterocycles. The van der Waals surface area contributed by atoms with Crippen LogP contribution in [0.3, 0.4) is 0 Å². The van der Waals surface area contributed by atoms with Gasteiger partial charge in [0.2, 0.25) is 0 Å². The SMILES string of the molecule is N#Cc1ccc(N(C(=O)c2ccn3ncc(Br)c3c2)C2CCC2)nc1. The molecule has 0 aromatic carbocycles. The molecule has 1 amide bonds. The maximum absolute atomic E-state index is 13.2. The summed E-state index contributed by atoms with van der Waals surface area (Å²) in [5.41, 5.74) is 1.91. The topological polar surface area (TPSA) is 74.3 Å². The Balaban J connectivity index is 1.73. The smallest absolute Gasteiger partial charge is 0.259 e. The van der Waals surface area contributed by atoms with Crippen molar-refractivity contribution in [2.45, 2.75) is 25.3 Å². The highest BCUT2D eigenvalue weighted by Gasteiger charge is 2.31. The molecule has 1 aliphatic rings. The van der Waals surface area contributed by atoms with Gasteiger partial charge in [-0.25, -0.2) is 9.50 Å². The molecular formula is C18H14BrN5O. The first-order chi connectivity index (χ1) is 12.2. The van der Waals surface area contributed by atoms with Crippen LogP contribution >= 0.6 is 15.9 Å². The Kier molecular flexibility index (Phi) is 3.98. The summed E-state index contributed by atoms with van der Waals surface area (Å²) in [6.45, 7) is 0. The predicted octanol–water partition coefficient (Wildman–Crippen LogP) is 3.56. The van der Waals surface area contributed by atoms with E-state index in [1.807, 2.05) is 6.07 Å². The molecule has 25 heavy (non-hydrogen) atoms. The van der Waals surface area contributed by atoms with Gasteiger partial charge in [-0.15, -0.1) is 0 Å². The maximum atomic E-state index is 13.2. The number of pyridine rings is 2. The van der Waals surface area contributed by atoms with Gasteiger partial charge in [-0.05, 0) is 59.5 Å². The predicted molar refractivity (Wildman–Crippen MR) is 96.3 cm³/mol. The number of amides is 1. The average Bonchev–Trinajstić information content (AvgIpc) is 2.98. The van der Waals surface area contributed by atoms with Crippen molar-refractivity contribution < 1.29 is 4.79 Å². The molecule has 1 saturated carbocycles. The Labute approximate surface area is 152 Å². The fourth-order valence-corrected chi connectivity index (χ4v) is 3.31. The molecule has 0 spiro atoms. The first kappa shape index (κ1) is 15.8. The number of anilines is 1. The van der Waals surface area contributed by atoms with Gasteiger partial charge in [-0.3, -0.25) is 9.69 Å². The van der Waals surface area contributed by atoms with Crippen LogP contribution in [0.1, 0.15) is 35.2 Å². The van der Waals surface area contributed by atoms with Crippen LogP contribution < -0.4 is 4.90 Å². The minimum atomic E-state index is -0.0856. The number of aromatic nitrogens is 3. The third-order valence-electron chi connectivity index (χ3n) is 4.50. The Morgan fingerprint density at radius 3 is 2.80 bits per heavy atom. The second-order valence-electron chi connectivity index (χ2n) is 6.01. The van der Waals surface area contributed by atoms with Crippen molar-refractivity contribution in [2.75, 3.05) is 4.90 Å². The van der Waals surface area contributed by atoms with Gasteiger partial charge < -0.3 is 0 Å². The van der Waals surface area contributed by atoms with Crippen LogP contribution in [-0.2, 0) is 0 Å². The first-order valence-corrected chi connectivity index (χ1v) is 8.79. The summed E-state index contributed by atoms with van der Waals surface area (Å²) in [5, 5.41) is 13.1. The molecule has 1 aliphatic carbocycles.